The smallest absolute Gasteiger partial charge is 0.185 e. The van der Waals surface area contributed by atoms with E-state index < -0.39 is 0 Å². The van der Waals surface area contributed by atoms with Crippen molar-refractivity contribution >= 4 is 16.5 Å². The summed E-state index contributed by atoms with van der Waals surface area (Å²) in [6.45, 7) is 2.46. The Balaban J connectivity index is 0.000000853. The van der Waals surface area contributed by atoms with E-state index in [1.807, 2.05) is 11.3 Å². The Hall–Kier alpha value is -0.570. The second-order valence-electron chi connectivity index (χ2n) is 4.27. The fourth-order valence-electron chi connectivity index (χ4n) is 2.38. The maximum absolute atomic E-state index is 4.78. The van der Waals surface area contributed by atoms with Gasteiger partial charge in [-0.2, -0.15) is 0 Å². The third-order valence-corrected chi connectivity index (χ3v) is 4.43. The van der Waals surface area contributed by atoms with E-state index in [2.05, 4.69) is 4.90 Å². The molecule has 0 amide bonds. The van der Waals surface area contributed by atoms with E-state index in [-0.39, 0.29) is 1.43 Å². The Bertz CT molecular complexity index is 308. The van der Waals surface area contributed by atoms with Crippen LogP contribution in [-0.4, -0.2) is 18.1 Å². The third kappa shape index (κ3) is 1.44. The molecule has 0 atom stereocenters. The lowest BCUT2D eigenvalue weighted by atomic mass is 10.0. The van der Waals surface area contributed by atoms with Gasteiger partial charge in [0, 0.05) is 19.4 Å². The Morgan fingerprint density at radius 1 is 1.07 bits per heavy atom. The molecule has 0 unspecified atom stereocenters. The lowest BCUT2D eigenvalue weighted by Gasteiger charge is -2.12. The highest BCUT2D eigenvalue weighted by Gasteiger charge is 2.20. The van der Waals surface area contributed by atoms with Crippen molar-refractivity contribution in [1.29, 1.82) is 0 Å². The second-order valence-corrected chi connectivity index (χ2v) is 5.33. The van der Waals surface area contributed by atoms with Crippen molar-refractivity contribution in [3.8, 4) is 0 Å². The van der Waals surface area contributed by atoms with Crippen LogP contribution in [0.25, 0.3) is 0 Å². The van der Waals surface area contributed by atoms with Crippen LogP contribution in [-0.2, 0) is 12.8 Å². The molecule has 1 saturated heterocycles. The van der Waals surface area contributed by atoms with E-state index in [0.717, 1.165) is 0 Å². The number of thiazole rings is 1. The Kier molecular flexibility index (Phi) is 2.20. The van der Waals surface area contributed by atoms with Crippen LogP contribution in [0.15, 0.2) is 0 Å². The summed E-state index contributed by atoms with van der Waals surface area (Å²) in [5.41, 5.74) is 1.41. The molecule has 3 rings (SSSR count). The quantitative estimate of drug-likeness (QED) is 0.708. The number of aryl methyl sites for hydroxylation is 2. The lowest BCUT2D eigenvalue weighted by Crippen LogP contribution is -2.17. The highest BCUT2D eigenvalue weighted by atomic mass is 32.1. The van der Waals surface area contributed by atoms with Gasteiger partial charge >= 0.3 is 0 Å². The summed E-state index contributed by atoms with van der Waals surface area (Å²) in [5, 5.41) is 1.30. The van der Waals surface area contributed by atoms with Gasteiger partial charge in [-0.1, -0.05) is 0 Å². The van der Waals surface area contributed by atoms with Gasteiger partial charge in [0.2, 0.25) is 0 Å². The fourth-order valence-corrected chi connectivity index (χ4v) is 3.58. The Morgan fingerprint density at radius 2 is 1.86 bits per heavy atom. The van der Waals surface area contributed by atoms with Crippen molar-refractivity contribution in [2.75, 3.05) is 18.0 Å². The van der Waals surface area contributed by atoms with E-state index in [4.69, 9.17) is 4.98 Å². The van der Waals surface area contributed by atoms with Gasteiger partial charge < -0.3 is 4.90 Å². The molecule has 78 valence electrons. The summed E-state index contributed by atoms with van der Waals surface area (Å²) in [6, 6.07) is 0. The molecule has 2 aliphatic rings. The molecule has 0 N–H and O–H groups in total. The molecule has 1 aliphatic heterocycles. The number of rotatable bonds is 1. The van der Waals surface area contributed by atoms with Gasteiger partial charge in [-0.3, -0.25) is 0 Å². The van der Waals surface area contributed by atoms with Crippen molar-refractivity contribution in [3.05, 3.63) is 10.6 Å². The van der Waals surface area contributed by atoms with Crippen molar-refractivity contribution in [2.24, 2.45) is 0 Å². The largest absolute Gasteiger partial charge is 0.348 e. The average molecular weight is 210 g/mol. The number of aromatic nitrogens is 1. The summed E-state index contributed by atoms with van der Waals surface area (Å²) in [4.78, 5) is 8.81. The molecule has 2 nitrogen and oxygen atoms in total. The molecule has 0 aromatic carbocycles. The molecule has 0 bridgehead atoms. The topological polar surface area (TPSA) is 16.1 Å². The first-order chi connectivity index (χ1) is 6.93. The summed E-state index contributed by atoms with van der Waals surface area (Å²) >= 11 is 1.95. The van der Waals surface area contributed by atoms with Crippen LogP contribution < -0.4 is 4.90 Å². The number of hydrogen-bond donors (Lipinski definition) is 0. The molecule has 1 aliphatic carbocycles. The molecule has 2 heterocycles. The van der Waals surface area contributed by atoms with Gasteiger partial charge in [0.25, 0.3) is 0 Å². The fraction of sp³-hybridized carbons (Fsp3) is 0.727. The third-order valence-electron chi connectivity index (χ3n) is 3.21. The van der Waals surface area contributed by atoms with Crippen LogP contribution in [0.1, 0.15) is 37.7 Å². The van der Waals surface area contributed by atoms with Gasteiger partial charge in [-0.15, -0.1) is 11.3 Å². The first-order valence-electron chi connectivity index (χ1n) is 5.67. The average Bonchev–Trinajstić information content (AvgIpc) is 2.86. The molecule has 3 heteroatoms. The second kappa shape index (κ2) is 3.54. The summed E-state index contributed by atoms with van der Waals surface area (Å²) in [6.07, 6.45) is 7.92. The maximum atomic E-state index is 4.78. The number of fused-ring (bicyclic) bond motifs is 1. The molecule has 1 fully saturated rings. The van der Waals surface area contributed by atoms with E-state index in [1.54, 1.807) is 4.88 Å². The minimum Gasteiger partial charge on any atom is -0.348 e. The van der Waals surface area contributed by atoms with Crippen LogP contribution >= 0.6 is 11.3 Å². The first-order valence-corrected chi connectivity index (χ1v) is 6.49. The Labute approximate surface area is 90.4 Å². The zero-order valence-corrected chi connectivity index (χ0v) is 9.28. The molecular formula is C11H18N2S. The van der Waals surface area contributed by atoms with E-state index >= 15 is 0 Å². The van der Waals surface area contributed by atoms with E-state index in [1.165, 1.54) is 62.4 Å². The molecule has 1 aromatic rings. The van der Waals surface area contributed by atoms with Crippen molar-refractivity contribution < 1.29 is 1.43 Å². The van der Waals surface area contributed by atoms with Crippen LogP contribution in [0.5, 0.6) is 0 Å². The molecule has 0 saturated carbocycles. The molecule has 0 spiro atoms. The summed E-state index contributed by atoms with van der Waals surface area (Å²) in [5.74, 6) is 0. The normalized spacial score (nSPS) is 21.3. The monoisotopic (exact) mass is 210 g/mol. The highest BCUT2D eigenvalue weighted by molar-refractivity contribution is 7.15. The van der Waals surface area contributed by atoms with Crippen LogP contribution in [0, 0.1) is 0 Å². The highest BCUT2D eigenvalue weighted by Crippen LogP contribution is 2.32. The number of nitrogens with zero attached hydrogens (tertiary/aromatic N) is 2. The summed E-state index contributed by atoms with van der Waals surface area (Å²) in [7, 11) is 0. The van der Waals surface area contributed by atoms with Crippen LogP contribution in [0.3, 0.4) is 0 Å². The number of anilines is 1. The van der Waals surface area contributed by atoms with Gasteiger partial charge in [-0.05, 0) is 38.5 Å². The first kappa shape index (κ1) is 8.72. The minimum atomic E-state index is 0. The molecule has 1 aromatic heterocycles. The van der Waals surface area contributed by atoms with Crippen molar-refractivity contribution in [3.63, 3.8) is 0 Å². The molecular weight excluding hydrogens is 192 g/mol. The predicted octanol–water partition coefficient (Wildman–Crippen LogP) is 2.87. The standard InChI is InChI=1S/C11H16N2S.H2/c1-2-6-10-9(5-1)12-11(14-10)13-7-3-4-8-13;/h1-8H2;1H. The molecule has 0 radical (unpaired) electrons. The van der Waals surface area contributed by atoms with Gasteiger partial charge in [0.15, 0.2) is 5.13 Å². The number of hydrogen-bond acceptors (Lipinski definition) is 3. The minimum absolute atomic E-state index is 0. The van der Waals surface area contributed by atoms with Crippen molar-refractivity contribution in [2.45, 2.75) is 38.5 Å². The van der Waals surface area contributed by atoms with Crippen molar-refractivity contribution in [1.82, 2.24) is 4.98 Å². The van der Waals surface area contributed by atoms with Gasteiger partial charge in [-0.25, -0.2) is 4.98 Å². The van der Waals surface area contributed by atoms with Gasteiger partial charge in [0.1, 0.15) is 0 Å². The van der Waals surface area contributed by atoms with E-state index in [0.29, 0.717) is 0 Å². The van der Waals surface area contributed by atoms with E-state index in [9.17, 15) is 0 Å². The maximum Gasteiger partial charge on any atom is 0.185 e. The van der Waals surface area contributed by atoms with Crippen LogP contribution in [0.2, 0.25) is 0 Å². The molecule has 14 heavy (non-hydrogen) atoms. The zero-order valence-electron chi connectivity index (χ0n) is 8.46. The lowest BCUT2D eigenvalue weighted by molar-refractivity contribution is 0.682. The van der Waals surface area contributed by atoms with Gasteiger partial charge in [0.05, 0.1) is 5.69 Å². The van der Waals surface area contributed by atoms with Crippen LogP contribution in [0.4, 0.5) is 5.13 Å². The Morgan fingerprint density at radius 3 is 2.64 bits per heavy atom. The SMILES string of the molecule is C1CCc2sc(N3CCCC3)nc2C1.[HH]. The zero-order chi connectivity index (χ0) is 9.38. The summed E-state index contributed by atoms with van der Waals surface area (Å²) < 4.78 is 0. The predicted molar refractivity (Wildman–Crippen MR) is 62.3 cm³/mol.